The molecule has 0 heterocycles. The van der Waals surface area contributed by atoms with Gasteiger partial charge < -0.3 is 5.73 Å². The highest BCUT2D eigenvalue weighted by atomic mass is 14.8. The molecule has 1 rings (SSSR count). The number of aryl methyl sites for hydroxylation is 1. The van der Waals surface area contributed by atoms with Gasteiger partial charge in [0.2, 0.25) is 0 Å². The van der Waals surface area contributed by atoms with Crippen LogP contribution in [-0.4, -0.2) is 18.3 Å². The molecule has 2 atom stereocenters. The van der Waals surface area contributed by atoms with Crippen LogP contribution in [0.4, 0.5) is 0 Å². The Kier molecular flexibility index (Phi) is 4.20. The highest BCUT2D eigenvalue weighted by Crippen LogP contribution is 2.02. The summed E-state index contributed by atoms with van der Waals surface area (Å²) in [4.78, 5) is 3.98. The second-order valence-electron chi connectivity index (χ2n) is 3.42. The van der Waals surface area contributed by atoms with E-state index in [1.54, 1.807) is 12.3 Å². The fourth-order valence-electron chi connectivity index (χ4n) is 1.10. The van der Waals surface area contributed by atoms with Crippen molar-refractivity contribution in [2.75, 3.05) is 0 Å². The van der Waals surface area contributed by atoms with Gasteiger partial charge in [0.05, 0.1) is 12.1 Å². The molecular weight excluding hydrogens is 200 g/mol. The Balaban J connectivity index is 2.77. The van der Waals surface area contributed by atoms with Crippen LogP contribution in [0.5, 0.6) is 0 Å². The van der Waals surface area contributed by atoms with Gasteiger partial charge in [-0.3, -0.25) is 4.99 Å². The van der Waals surface area contributed by atoms with Crippen molar-refractivity contribution in [3.63, 3.8) is 0 Å². The Bertz CT molecular complexity index is 447. The lowest BCUT2D eigenvalue weighted by atomic mass is 10.1. The van der Waals surface area contributed by atoms with Crippen LogP contribution in [0.1, 0.15) is 11.1 Å². The minimum atomic E-state index is -0.883. The standard InChI is InChI=1S/C12H12N4/c1-9-2-4-10(5-3-9)8-16-12(7-14)11(15)6-13/h2-5,8,11-12H,15H2,1H3. The minimum absolute atomic E-state index is 0.814. The molecule has 2 unspecified atom stereocenters. The summed E-state index contributed by atoms with van der Waals surface area (Å²) in [6.45, 7) is 1.99. The summed E-state index contributed by atoms with van der Waals surface area (Å²) in [7, 11) is 0. The van der Waals surface area contributed by atoms with Crippen LogP contribution in [0, 0.1) is 29.6 Å². The fraction of sp³-hybridized carbons (Fsp3) is 0.250. The summed E-state index contributed by atoms with van der Waals surface area (Å²) in [5.74, 6) is 0. The zero-order chi connectivity index (χ0) is 12.0. The van der Waals surface area contributed by atoms with Crippen molar-refractivity contribution in [1.82, 2.24) is 0 Å². The van der Waals surface area contributed by atoms with Crippen molar-refractivity contribution in [2.24, 2.45) is 10.7 Å². The van der Waals surface area contributed by atoms with E-state index in [4.69, 9.17) is 16.3 Å². The number of hydrogen-bond donors (Lipinski definition) is 1. The average molecular weight is 212 g/mol. The van der Waals surface area contributed by atoms with E-state index < -0.39 is 12.1 Å². The lowest BCUT2D eigenvalue weighted by Gasteiger charge is -2.04. The summed E-state index contributed by atoms with van der Waals surface area (Å²) in [6.07, 6.45) is 1.56. The zero-order valence-electron chi connectivity index (χ0n) is 8.96. The van der Waals surface area contributed by atoms with Crippen LogP contribution < -0.4 is 5.73 Å². The lowest BCUT2D eigenvalue weighted by Crippen LogP contribution is -2.30. The zero-order valence-corrected chi connectivity index (χ0v) is 8.96. The monoisotopic (exact) mass is 212 g/mol. The van der Waals surface area contributed by atoms with Gasteiger partial charge >= 0.3 is 0 Å². The van der Waals surface area contributed by atoms with Gasteiger partial charge in [-0.25, -0.2) is 0 Å². The highest BCUT2D eigenvalue weighted by Gasteiger charge is 2.13. The molecule has 4 heteroatoms. The van der Waals surface area contributed by atoms with E-state index in [9.17, 15) is 0 Å². The van der Waals surface area contributed by atoms with E-state index in [1.807, 2.05) is 37.3 Å². The molecule has 0 aromatic heterocycles. The topological polar surface area (TPSA) is 86.0 Å². The molecule has 16 heavy (non-hydrogen) atoms. The number of rotatable bonds is 3. The van der Waals surface area contributed by atoms with Crippen molar-refractivity contribution in [1.29, 1.82) is 10.5 Å². The van der Waals surface area contributed by atoms with Crippen LogP contribution in [-0.2, 0) is 0 Å². The van der Waals surface area contributed by atoms with Gasteiger partial charge in [-0.2, -0.15) is 10.5 Å². The molecule has 80 valence electrons. The maximum atomic E-state index is 8.75. The molecule has 0 fully saturated rings. The number of nitriles is 2. The maximum absolute atomic E-state index is 8.75. The van der Waals surface area contributed by atoms with Crippen molar-refractivity contribution < 1.29 is 0 Å². The molecule has 0 bridgehead atoms. The first-order valence-corrected chi connectivity index (χ1v) is 4.82. The van der Waals surface area contributed by atoms with Crippen LogP contribution in [0.25, 0.3) is 0 Å². The Morgan fingerprint density at radius 1 is 1.25 bits per heavy atom. The van der Waals surface area contributed by atoms with E-state index in [-0.39, 0.29) is 0 Å². The smallest absolute Gasteiger partial charge is 0.164 e. The predicted octanol–water partition coefficient (Wildman–Crippen LogP) is 1.16. The molecule has 0 spiro atoms. The average Bonchev–Trinajstić information content (AvgIpc) is 2.31. The molecule has 0 aliphatic rings. The first-order valence-electron chi connectivity index (χ1n) is 4.82. The van der Waals surface area contributed by atoms with E-state index in [2.05, 4.69) is 4.99 Å². The van der Waals surface area contributed by atoms with Gasteiger partial charge in [-0.15, -0.1) is 0 Å². The van der Waals surface area contributed by atoms with Gasteiger partial charge in [0.25, 0.3) is 0 Å². The highest BCUT2D eigenvalue weighted by molar-refractivity contribution is 5.79. The van der Waals surface area contributed by atoms with E-state index in [0.717, 1.165) is 11.1 Å². The maximum Gasteiger partial charge on any atom is 0.164 e. The second kappa shape index (κ2) is 5.65. The molecule has 0 amide bonds. The molecule has 4 nitrogen and oxygen atoms in total. The van der Waals surface area contributed by atoms with Crippen LogP contribution in [0.2, 0.25) is 0 Å². The third-order valence-corrected chi connectivity index (χ3v) is 2.08. The summed E-state index contributed by atoms with van der Waals surface area (Å²) >= 11 is 0. The van der Waals surface area contributed by atoms with E-state index >= 15 is 0 Å². The molecular formula is C12H12N4. The fourth-order valence-corrected chi connectivity index (χ4v) is 1.10. The third kappa shape index (κ3) is 3.20. The Morgan fingerprint density at radius 2 is 1.88 bits per heavy atom. The van der Waals surface area contributed by atoms with Gasteiger partial charge in [-0.05, 0) is 12.5 Å². The van der Waals surface area contributed by atoms with Crippen LogP contribution in [0.15, 0.2) is 29.3 Å². The summed E-state index contributed by atoms with van der Waals surface area (Å²) in [5, 5.41) is 17.3. The van der Waals surface area contributed by atoms with Crippen molar-refractivity contribution in [3.8, 4) is 12.1 Å². The van der Waals surface area contributed by atoms with Crippen LogP contribution in [0.3, 0.4) is 0 Å². The number of aliphatic imine (C=N–C) groups is 1. The third-order valence-electron chi connectivity index (χ3n) is 2.08. The van der Waals surface area contributed by atoms with E-state index in [0.29, 0.717) is 0 Å². The quantitative estimate of drug-likeness (QED) is 0.762. The van der Waals surface area contributed by atoms with Crippen molar-refractivity contribution in [3.05, 3.63) is 35.4 Å². The summed E-state index contributed by atoms with van der Waals surface area (Å²) < 4.78 is 0. The number of nitrogens with zero attached hydrogens (tertiary/aromatic N) is 3. The number of benzene rings is 1. The van der Waals surface area contributed by atoms with Crippen LogP contribution >= 0.6 is 0 Å². The summed E-state index contributed by atoms with van der Waals surface area (Å²) in [6, 6.07) is 9.69. The van der Waals surface area contributed by atoms with Gasteiger partial charge in [0, 0.05) is 6.21 Å². The van der Waals surface area contributed by atoms with Gasteiger partial charge in [-0.1, -0.05) is 29.8 Å². The Labute approximate surface area is 94.6 Å². The Hall–Kier alpha value is -2.17. The predicted molar refractivity (Wildman–Crippen MR) is 61.8 cm³/mol. The number of nitrogens with two attached hydrogens (primary N) is 1. The first kappa shape index (κ1) is 11.9. The first-order chi connectivity index (χ1) is 7.67. The Morgan fingerprint density at radius 3 is 2.38 bits per heavy atom. The lowest BCUT2D eigenvalue weighted by molar-refractivity contribution is 0.732. The molecule has 0 aliphatic heterocycles. The molecule has 2 N–H and O–H groups in total. The molecule has 0 radical (unpaired) electrons. The van der Waals surface area contributed by atoms with Crippen molar-refractivity contribution >= 4 is 6.21 Å². The molecule has 0 saturated heterocycles. The van der Waals surface area contributed by atoms with E-state index in [1.165, 1.54) is 0 Å². The summed E-state index contributed by atoms with van der Waals surface area (Å²) in [5.41, 5.74) is 7.46. The molecule has 1 aromatic carbocycles. The minimum Gasteiger partial charge on any atom is -0.313 e. The van der Waals surface area contributed by atoms with Crippen molar-refractivity contribution in [2.45, 2.75) is 19.0 Å². The second-order valence-corrected chi connectivity index (χ2v) is 3.42. The normalized spacial score (nSPS) is 14.0. The van der Waals surface area contributed by atoms with Gasteiger partial charge in [0.1, 0.15) is 6.04 Å². The molecule has 1 aromatic rings. The largest absolute Gasteiger partial charge is 0.313 e. The molecule has 0 aliphatic carbocycles. The van der Waals surface area contributed by atoms with Gasteiger partial charge in [0.15, 0.2) is 6.04 Å². The number of hydrogen-bond acceptors (Lipinski definition) is 4. The molecule has 0 saturated carbocycles. The SMILES string of the molecule is Cc1ccc(C=NC(C#N)C(N)C#N)cc1.